The molecule has 1 N–H and O–H groups in total. The lowest BCUT2D eigenvalue weighted by atomic mass is 9.91. The van der Waals surface area contributed by atoms with E-state index in [1.807, 2.05) is 24.8 Å². The van der Waals surface area contributed by atoms with Crippen LogP contribution in [0.3, 0.4) is 0 Å². The molecule has 1 aliphatic rings. The maximum Gasteiger partial charge on any atom is 0.122 e. The summed E-state index contributed by atoms with van der Waals surface area (Å²) in [6, 6.07) is 8.73. The number of ether oxygens (including phenoxy) is 1. The fourth-order valence-electron chi connectivity index (χ4n) is 2.53. The highest BCUT2D eigenvalue weighted by atomic mass is 32.1. The van der Waals surface area contributed by atoms with Crippen molar-refractivity contribution in [3.8, 4) is 5.75 Å². The maximum absolute atomic E-state index is 5.76. The van der Waals surface area contributed by atoms with Crippen molar-refractivity contribution >= 4 is 11.3 Å². The molecule has 0 fully saturated rings. The van der Waals surface area contributed by atoms with Crippen molar-refractivity contribution in [2.75, 3.05) is 13.7 Å². The first kappa shape index (κ1) is 11.7. The van der Waals surface area contributed by atoms with E-state index in [0.717, 1.165) is 18.8 Å². The van der Waals surface area contributed by atoms with Crippen LogP contribution < -0.4 is 10.1 Å². The van der Waals surface area contributed by atoms with Gasteiger partial charge in [-0.2, -0.15) is 0 Å². The largest absolute Gasteiger partial charge is 0.493 e. The van der Waals surface area contributed by atoms with Crippen LogP contribution in [0.25, 0.3) is 0 Å². The average Bonchev–Trinajstić information content (AvgIpc) is 3.05. The lowest BCUT2D eigenvalue weighted by Crippen LogP contribution is -2.34. The van der Waals surface area contributed by atoms with Crippen molar-refractivity contribution in [2.45, 2.75) is 18.4 Å². The molecule has 18 heavy (non-hydrogen) atoms. The first-order valence-electron chi connectivity index (χ1n) is 6.15. The first-order chi connectivity index (χ1) is 8.88. The number of fused-ring (bicyclic) bond motifs is 1. The molecule has 2 atom stereocenters. The highest BCUT2D eigenvalue weighted by Crippen LogP contribution is 2.36. The molecule has 0 radical (unpaired) electrons. The third-order valence-electron chi connectivity index (χ3n) is 3.50. The lowest BCUT2D eigenvalue weighted by Gasteiger charge is -2.21. The third-order valence-corrected chi connectivity index (χ3v) is 4.30. The van der Waals surface area contributed by atoms with Crippen LogP contribution in [-0.2, 0) is 6.42 Å². The molecule has 4 heteroatoms. The van der Waals surface area contributed by atoms with Gasteiger partial charge in [0.15, 0.2) is 0 Å². The molecule has 0 aliphatic carbocycles. The van der Waals surface area contributed by atoms with Gasteiger partial charge in [-0.25, -0.2) is 0 Å². The average molecular weight is 260 g/mol. The van der Waals surface area contributed by atoms with Crippen LogP contribution in [0.1, 0.15) is 16.4 Å². The van der Waals surface area contributed by atoms with E-state index in [4.69, 9.17) is 4.74 Å². The molecule has 1 aliphatic heterocycles. The van der Waals surface area contributed by atoms with Crippen LogP contribution in [0.15, 0.2) is 36.0 Å². The quantitative estimate of drug-likeness (QED) is 0.917. The molecule has 3 nitrogen and oxygen atoms in total. The van der Waals surface area contributed by atoms with Gasteiger partial charge >= 0.3 is 0 Å². The summed E-state index contributed by atoms with van der Waals surface area (Å²) in [6.45, 7) is 0.768. The number of rotatable bonds is 4. The molecule has 94 valence electrons. The zero-order valence-corrected chi connectivity index (χ0v) is 11.1. The van der Waals surface area contributed by atoms with Gasteiger partial charge in [-0.3, -0.25) is 4.98 Å². The van der Waals surface area contributed by atoms with Crippen molar-refractivity contribution in [1.82, 2.24) is 10.3 Å². The number of thiazole rings is 1. The fraction of sp³-hybridized carbons (Fsp3) is 0.357. The molecule has 0 spiro atoms. The predicted octanol–water partition coefficient (Wildman–Crippen LogP) is 2.45. The van der Waals surface area contributed by atoms with Crippen LogP contribution in [-0.4, -0.2) is 24.7 Å². The second-order valence-electron chi connectivity index (χ2n) is 4.52. The van der Waals surface area contributed by atoms with E-state index in [1.54, 1.807) is 11.3 Å². The smallest absolute Gasteiger partial charge is 0.122 e. The van der Waals surface area contributed by atoms with E-state index in [-0.39, 0.29) is 0 Å². The standard InChI is InChI=1S/C14H16N2OS/c1-15-13(6-10-7-16-9-18-10)12-8-17-14-5-3-2-4-11(12)14/h2-5,7,9,12-13,15H,6,8H2,1H3. The van der Waals surface area contributed by atoms with E-state index < -0.39 is 0 Å². The third kappa shape index (κ3) is 2.13. The molecular formula is C14H16N2OS. The fourth-order valence-corrected chi connectivity index (χ4v) is 3.18. The summed E-state index contributed by atoms with van der Waals surface area (Å²) in [5.74, 6) is 1.46. The summed E-state index contributed by atoms with van der Waals surface area (Å²) in [6.07, 6.45) is 2.96. The molecule has 1 aromatic carbocycles. The SMILES string of the molecule is CNC(Cc1cncs1)C1COc2ccccc21. The van der Waals surface area contributed by atoms with Gasteiger partial charge in [0.1, 0.15) is 5.75 Å². The van der Waals surface area contributed by atoms with Gasteiger partial charge in [0.2, 0.25) is 0 Å². The predicted molar refractivity (Wildman–Crippen MR) is 73.3 cm³/mol. The van der Waals surface area contributed by atoms with Crippen LogP contribution in [0.4, 0.5) is 0 Å². The van der Waals surface area contributed by atoms with E-state index >= 15 is 0 Å². The molecule has 0 bridgehead atoms. The van der Waals surface area contributed by atoms with E-state index in [1.165, 1.54) is 10.4 Å². The maximum atomic E-state index is 5.76. The molecule has 0 saturated heterocycles. The van der Waals surface area contributed by atoms with Gasteiger partial charge < -0.3 is 10.1 Å². The Hall–Kier alpha value is -1.39. The Morgan fingerprint density at radius 1 is 1.50 bits per heavy atom. The zero-order chi connectivity index (χ0) is 12.4. The summed E-state index contributed by atoms with van der Waals surface area (Å²) in [5, 5.41) is 3.42. The van der Waals surface area contributed by atoms with Crippen LogP contribution in [0.2, 0.25) is 0 Å². The Kier molecular flexibility index (Phi) is 3.30. The van der Waals surface area contributed by atoms with Crippen LogP contribution >= 0.6 is 11.3 Å². The second kappa shape index (κ2) is 5.08. The summed E-state index contributed by atoms with van der Waals surface area (Å²) >= 11 is 1.71. The number of hydrogen-bond acceptors (Lipinski definition) is 4. The number of benzene rings is 1. The molecule has 0 amide bonds. The van der Waals surface area contributed by atoms with Crippen molar-refractivity contribution in [3.05, 3.63) is 46.4 Å². The van der Waals surface area contributed by atoms with Gasteiger partial charge in [0.05, 0.1) is 12.1 Å². The first-order valence-corrected chi connectivity index (χ1v) is 7.03. The highest BCUT2D eigenvalue weighted by Gasteiger charge is 2.30. The molecular weight excluding hydrogens is 244 g/mol. The summed E-state index contributed by atoms with van der Waals surface area (Å²) in [7, 11) is 2.02. The molecule has 1 aromatic heterocycles. The number of aromatic nitrogens is 1. The summed E-state index contributed by atoms with van der Waals surface area (Å²) in [4.78, 5) is 5.46. The number of likely N-dealkylation sites (N-methyl/N-ethyl adjacent to an activating group) is 1. The molecule has 2 unspecified atom stereocenters. The van der Waals surface area contributed by atoms with Gasteiger partial charge in [0.25, 0.3) is 0 Å². The van der Waals surface area contributed by atoms with Crippen LogP contribution in [0.5, 0.6) is 5.75 Å². The second-order valence-corrected chi connectivity index (χ2v) is 5.49. The number of hydrogen-bond donors (Lipinski definition) is 1. The van der Waals surface area contributed by atoms with Crippen molar-refractivity contribution < 1.29 is 4.74 Å². The lowest BCUT2D eigenvalue weighted by molar-refractivity contribution is 0.302. The summed E-state index contributed by atoms with van der Waals surface area (Å²) < 4.78 is 5.76. The Morgan fingerprint density at radius 3 is 3.17 bits per heavy atom. The van der Waals surface area contributed by atoms with Gasteiger partial charge in [-0.1, -0.05) is 18.2 Å². The minimum atomic E-state index is 0.397. The van der Waals surface area contributed by atoms with Gasteiger partial charge in [-0.15, -0.1) is 11.3 Å². The Morgan fingerprint density at radius 2 is 2.39 bits per heavy atom. The number of nitrogens with zero attached hydrogens (tertiary/aromatic N) is 1. The normalized spacial score (nSPS) is 19.3. The highest BCUT2D eigenvalue weighted by molar-refractivity contribution is 7.09. The molecule has 3 rings (SSSR count). The van der Waals surface area contributed by atoms with Crippen molar-refractivity contribution in [3.63, 3.8) is 0 Å². The molecule has 2 heterocycles. The minimum absolute atomic E-state index is 0.397. The van der Waals surface area contributed by atoms with E-state index in [0.29, 0.717) is 12.0 Å². The molecule has 2 aromatic rings. The van der Waals surface area contributed by atoms with Crippen molar-refractivity contribution in [1.29, 1.82) is 0 Å². The number of para-hydroxylation sites is 1. The zero-order valence-electron chi connectivity index (χ0n) is 10.3. The molecule has 0 saturated carbocycles. The van der Waals surface area contributed by atoms with Gasteiger partial charge in [-0.05, 0) is 19.5 Å². The number of nitrogens with one attached hydrogen (secondary N) is 1. The summed E-state index contributed by atoms with van der Waals surface area (Å²) in [5.41, 5.74) is 3.21. The Balaban J connectivity index is 1.81. The Labute approximate surface area is 111 Å². The van der Waals surface area contributed by atoms with E-state index in [9.17, 15) is 0 Å². The van der Waals surface area contributed by atoms with Gasteiger partial charge in [0, 0.05) is 28.6 Å². The topological polar surface area (TPSA) is 34.2 Å². The monoisotopic (exact) mass is 260 g/mol. The van der Waals surface area contributed by atoms with Crippen LogP contribution in [0, 0.1) is 0 Å². The minimum Gasteiger partial charge on any atom is -0.493 e. The van der Waals surface area contributed by atoms with E-state index in [2.05, 4.69) is 28.5 Å². The van der Waals surface area contributed by atoms with Crippen molar-refractivity contribution in [2.24, 2.45) is 0 Å². The Bertz CT molecular complexity index is 512.